The summed E-state index contributed by atoms with van der Waals surface area (Å²) in [5.41, 5.74) is 1.48. The van der Waals surface area contributed by atoms with Crippen LogP contribution >= 0.6 is 15.9 Å². The molecular formula is C15H11BrFNO. The minimum atomic E-state index is -0.331. The van der Waals surface area contributed by atoms with Crippen LogP contribution in [0, 0.1) is 5.82 Å². The molecule has 0 saturated carbocycles. The predicted octanol–water partition coefficient (Wildman–Crippen LogP) is 4.24. The second kappa shape index (κ2) is 6.29. The van der Waals surface area contributed by atoms with Crippen LogP contribution in [0.25, 0.3) is 6.08 Å². The molecule has 2 nitrogen and oxygen atoms in total. The van der Waals surface area contributed by atoms with Gasteiger partial charge in [-0.15, -0.1) is 0 Å². The van der Waals surface area contributed by atoms with Crippen molar-refractivity contribution >= 4 is 33.6 Å². The summed E-state index contributed by atoms with van der Waals surface area (Å²) in [7, 11) is 0. The van der Waals surface area contributed by atoms with Gasteiger partial charge in [-0.25, -0.2) is 4.39 Å². The van der Waals surface area contributed by atoms with Gasteiger partial charge in [-0.3, -0.25) is 4.79 Å². The number of amides is 1. The summed E-state index contributed by atoms with van der Waals surface area (Å²) in [6.07, 6.45) is 3.15. The maximum Gasteiger partial charge on any atom is 0.248 e. The average molecular weight is 320 g/mol. The molecule has 0 radical (unpaired) electrons. The molecule has 0 fully saturated rings. The number of carbonyl (C=O) groups is 1. The standard InChI is InChI=1S/C15H11BrFNO/c16-12-3-1-2-11(10-12)4-9-15(19)18-14-7-5-13(17)6-8-14/h1-10H,(H,18,19). The predicted molar refractivity (Wildman–Crippen MR) is 78.2 cm³/mol. The normalized spacial score (nSPS) is 10.6. The number of rotatable bonds is 3. The van der Waals surface area contributed by atoms with E-state index in [1.165, 1.54) is 30.3 Å². The van der Waals surface area contributed by atoms with Crippen LogP contribution < -0.4 is 5.32 Å². The zero-order chi connectivity index (χ0) is 13.7. The summed E-state index contributed by atoms with van der Waals surface area (Å²) in [6.45, 7) is 0. The largest absolute Gasteiger partial charge is 0.323 e. The van der Waals surface area contributed by atoms with E-state index in [2.05, 4.69) is 21.2 Å². The Bertz CT molecular complexity index is 608. The molecule has 0 aromatic heterocycles. The van der Waals surface area contributed by atoms with Crippen LogP contribution in [0.1, 0.15) is 5.56 Å². The average Bonchev–Trinajstić information content (AvgIpc) is 2.39. The van der Waals surface area contributed by atoms with Gasteiger partial charge in [0.2, 0.25) is 5.91 Å². The van der Waals surface area contributed by atoms with Crippen molar-refractivity contribution in [3.8, 4) is 0 Å². The van der Waals surface area contributed by atoms with E-state index in [1.807, 2.05) is 24.3 Å². The Labute approximate surface area is 119 Å². The van der Waals surface area contributed by atoms with Crippen LogP contribution in [-0.4, -0.2) is 5.91 Å². The van der Waals surface area contributed by atoms with Gasteiger partial charge in [-0.05, 0) is 48.0 Å². The van der Waals surface area contributed by atoms with Gasteiger partial charge >= 0.3 is 0 Å². The molecule has 96 valence electrons. The molecule has 0 bridgehead atoms. The Morgan fingerprint density at radius 1 is 1.16 bits per heavy atom. The molecule has 2 aromatic rings. The fourth-order valence-corrected chi connectivity index (χ4v) is 1.92. The molecule has 0 aliphatic heterocycles. The lowest BCUT2D eigenvalue weighted by Crippen LogP contribution is -2.07. The maximum atomic E-state index is 12.7. The molecule has 0 unspecified atom stereocenters. The van der Waals surface area contributed by atoms with Gasteiger partial charge in [0, 0.05) is 16.2 Å². The van der Waals surface area contributed by atoms with E-state index in [-0.39, 0.29) is 11.7 Å². The smallest absolute Gasteiger partial charge is 0.248 e. The van der Waals surface area contributed by atoms with Gasteiger partial charge in [0.25, 0.3) is 0 Å². The van der Waals surface area contributed by atoms with Crippen molar-refractivity contribution in [3.05, 3.63) is 70.5 Å². The lowest BCUT2D eigenvalue weighted by Gasteiger charge is -2.01. The number of hydrogen-bond donors (Lipinski definition) is 1. The number of anilines is 1. The zero-order valence-corrected chi connectivity index (χ0v) is 11.5. The first kappa shape index (κ1) is 13.5. The van der Waals surface area contributed by atoms with Crippen LogP contribution in [0.3, 0.4) is 0 Å². The summed E-state index contributed by atoms with van der Waals surface area (Å²) < 4.78 is 13.7. The van der Waals surface area contributed by atoms with Crippen LogP contribution in [0.15, 0.2) is 59.1 Å². The summed E-state index contributed by atoms with van der Waals surface area (Å²) >= 11 is 3.36. The third-order valence-corrected chi connectivity index (χ3v) is 2.88. The molecule has 4 heteroatoms. The van der Waals surface area contributed by atoms with Crippen molar-refractivity contribution in [2.75, 3.05) is 5.32 Å². The van der Waals surface area contributed by atoms with Crippen molar-refractivity contribution in [2.45, 2.75) is 0 Å². The SMILES string of the molecule is O=C(C=Cc1cccc(Br)c1)Nc1ccc(F)cc1. The van der Waals surface area contributed by atoms with E-state index in [4.69, 9.17) is 0 Å². The van der Waals surface area contributed by atoms with Crippen LogP contribution in [0.5, 0.6) is 0 Å². The number of halogens is 2. The lowest BCUT2D eigenvalue weighted by molar-refractivity contribution is -0.111. The first-order chi connectivity index (χ1) is 9.13. The minimum absolute atomic E-state index is 0.258. The second-order valence-electron chi connectivity index (χ2n) is 3.88. The number of carbonyl (C=O) groups excluding carboxylic acids is 1. The van der Waals surface area contributed by atoms with E-state index in [1.54, 1.807) is 6.08 Å². The maximum absolute atomic E-state index is 12.7. The van der Waals surface area contributed by atoms with Gasteiger partial charge in [0.05, 0.1) is 0 Å². The third-order valence-electron chi connectivity index (χ3n) is 2.39. The molecule has 0 aliphatic carbocycles. The Hall–Kier alpha value is -1.94. The van der Waals surface area contributed by atoms with Gasteiger partial charge in [-0.1, -0.05) is 28.1 Å². The molecule has 0 spiro atoms. The summed E-state index contributed by atoms with van der Waals surface area (Å²) in [5.74, 6) is -0.589. The molecular weight excluding hydrogens is 309 g/mol. The Morgan fingerprint density at radius 2 is 1.89 bits per heavy atom. The van der Waals surface area contributed by atoms with Crippen molar-refractivity contribution in [1.29, 1.82) is 0 Å². The summed E-state index contributed by atoms with van der Waals surface area (Å²) in [6, 6.07) is 13.2. The van der Waals surface area contributed by atoms with Crippen LogP contribution in [0.4, 0.5) is 10.1 Å². The first-order valence-corrected chi connectivity index (χ1v) is 6.43. The molecule has 0 heterocycles. The molecule has 1 N–H and O–H groups in total. The van der Waals surface area contributed by atoms with Crippen LogP contribution in [0.2, 0.25) is 0 Å². The summed E-state index contributed by atoms with van der Waals surface area (Å²) in [5, 5.41) is 2.65. The van der Waals surface area contributed by atoms with Gasteiger partial charge in [0.15, 0.2) is 0 Å². The topological polar surface area (TPSA) is 29.1 Å². The molecule has 1 amide bonds. The van der Waals surface area contributed by atoms with E-state index in [0.717, 1.165) is 10.0 Å². The molecule has 2 aromatic carbocycles. The fraction of sp³-hybridized carbons (Fsp3) is 0. The Kier molecular flexibility index (Phi) is 4.47. The Balaban J connectivity index is 1.99. The number of benzene rings is 2. The highest BCUT2D eigenvalue weighted by Gasteiger charge is 1.98. The molecule has 19 heavy (non-hydrogen) atoms. The van der Waals surface area contributed by atoms with Crippen molar-refractivity contribution in [1.82, 2.24) is 0 Å². The van der Waals surface area contributed by atoms with Gasteiger partial charge < -0.3 is 5.32 Å². The van der Waals surface area contributed by atoms with Crippen LogP contribution in [-0.2, 0) is 4.79 Å². The Morgan fingerprint density at radius 3 is 2.58 bits per heavy atom. The fourth-order valence-electron chi connectivity index (χ4n) is 1.50. The quantitative estimate of drug-likeness (QED) is 0.842. The van der Waals surface area contributed by atoms with E-state index in [9.17, 15) is 9.18 Å². The number of hydrogen-bond acceptors (Lipinski definition) is 1. The monoisotopic (exact) mass is 319 g/mol. The van der Waals surface area contributed by atoms with Crippen molar-refractivity contribution < 1.29 is 9.18 Å². The van der Waals surface area contributed by atoms with E-state index >= 15 is 0 Å². The highest BCUT2D eigenvalue weighted by atomic mass is 79.9. The second-order valence-corrected chi connectivity index (χ2v) is 4.80. The third kappa shape index (κ3) is 4.34. The van der Waals surface area contributed by atoms with E-state index in [0.29, 0.717) is 5.69 Å². The van der Waals surface area contributed by atoms with Gasteiger partial charge in [0.1, 0.15) is 5.82 Å². The summed E-state index contributed by atoms with van der Waals surface area (Å²) in [4.78, 5) is 11.7. The lowest BCUT2D eigenvalue weighted by atomic mass is 10.2. The molecule has 0 atom stereocenters. The highest BCUT2D eigenvalue weighted by molar-refractivity contribution is 9.10. The minimum Gasteiger partial charge on any atom is -0.323 e. The molecule has 0 saturated heterocycles. The molecule has 2 rings (SSSR count). The van der Waals surface area contributed by atoms with Crippen molar-refractivity contribution in [2.24, 2.45) is 0 Å². The van der Waals surface area contributed by atoms with E-state index < -0.39 is 0 Å². The highest BCUT2D eigenvalue weighted by Crippen LogP contribution is 2.13. The van der Waals surface area contributed by atoms with Crippen molar-refractivity contribution in [3.63, 3.8) is 0 Å². The first-order valence-electron chi connectivity index (χ1n) is 5.64. The zero-order valence-electron chi connectivity index (χ0n) is 9.94. The molecule has 0 aliphatic rings. The van der Waals surface area contributed by atoms with Gasteiger partial charge in [-0.2, -0.15) is 0 Å². The number of nitrogens with one attached hydrogen (secondary N) is 1.